The topological polar surface area (TPSA) is 67.2 Å². The predicted molar refractivity (Wildman–Crippen MR) is 130 cm³/mol. The monoisotopic (exact) mass is 446 g/mol. The second-order valence-electron chi connectivity index (χ2n) is 8.62. The molecule has 0 saturated carbocycles. The Balaban J connectivity index is 1.54. The fourth-order valence-electron chi connectivity index (χ4n) is 4.51. The van der Waals surface area contributed by atoms with Crippen LogP contribution in [-0.4, -0.2) is 34.5 Å². The van der Waals surface area contributed by atoms with E-state index in [4.69, 9.17) is 4.98 Å². The highest BCUT2D eigenvalue weighted by Crippen LogP contribution is 2.34. The van der Waals surface area contributed by atoms with Gasteiger partial charge in [0.15, 0.2) is 0 Å². The van der Waals surface area contributed by atoms with Crippen molar-refractivity contribution >= 4 is 43.9 Å². The highest BCUT2D eigenvalue weighted by atomic mass is 32.1. The van der Waals surface area contributed by atoms with Crippen LogP contribution in [-0.2, 0) is 30.7 Å². The molecular weight excluding hydrogens is 420 g/mol. The number of anilines is 1. The number of nitrogens with one attached hydrogen (secondary N) is 1. The molecule has 2 aromatic carbocycles. The van der Waals surface area contributed by atoms with Gasteiger partial charge < -0.3 is 10.2 Å². The van der Waals surface area contributed by atoms with E-state index in [9.17, 15) is 9.59 Å². The second kappa shape index (κ2) is 8.48. The zero-order chi connectivity index (χ0) is 22.2. The van der Waals surface area contributed by atoms with Crippen LogP contribution in [0.25, 0.3) is 21.0 Å². The van der Waals surface area contributed by atoms with E-state index in [0.29, 0.717) is 17.8 Å². The quantitative estimate of drug-likeness (QED) is 0.499. The number of carbonyl (C=O) groups excluding carboxylic acids is 1. The number of aryl methyl sites for hydroxylation is 2. The second-order valence-corrected chi connectivity index (χ2v) is 9.71. The van der Waals surface area contributed by atoms with Crippen molar-refractivity contribution in [3.05, 3.63) is 69.1 Å². The highest BCUT2D eigenvalue weighted by molar-refractivity contribution is 7.18. The summed E-state index contributed by atoms with van der Waals surface area (Å²) < 4.78 is 1.56. The van der Waals surface area contributed by atoms with E-state index in [1.165, 1.54) is 4.88 Å². The minimum atomic E-state index is -0.228. The van der Waals surface area contributed by atoms with Gasteiger partial charge in [-0.3, -0.25) is 14.2 Å². The summed E-state index contributed by atoms with van der Waals surface area (Å²) in [4.78, 5) is 35.6. The minimum absolute atomic E-state index is 0.0568. The number of hydrogen-bond acceptors (Lipinski definition) is 5. The molecule has 7 heteroatoms. The molecule has 0 saturated heterocycles. The molecule has 164 valence electrons. The third kappa shape index (κ3) is 3.82. The maximum absolute atomic E-state index is 13.6. The number of amides is 1. The largest absolute Gasteiger partial charge is 0.324 e. The summed E-state index contributed by atoms with van der Waals surface area (Å²) in [5.41, 5.74) is 1.80. The molecule has 2 aromatic heterocycles. The van der Waals surface area contributed by atoms with Crippen molar-refractivity contribution in [1.29, 1.82) is 0 Å². The van der Waals surface area contributed by atoms with Crippen molar-refractivity contribution < 1.29 is 4.79 Å². The van der Waals surface area contributed by atoms with E-state index in [1.54, 1.807) is 15.9 Å². The molecule has 1 aliphatic rings. The molecule has 1 aliphatic carbocycles. The lowest BCUT2D eigenvalue weighted by atomic mass is 9.97. The zero-order valence-corrected chi connectivity index (χ0v) is 19.2. The Bertz CT molecular complexity index is 1380. The normalized spacial score (nSPS) is 13.6. The molecule has 0 radical (unpaired) electrons. The zero-order valence-electron chi connectivity index (χ0n) is 18.4. The molecule has 0 aliphatic heterocycles. The average molecular weight is 447 g/mol. The third-order valence-electron chi connectivity index (χ3n) is 5.98. The van der Waals surface area contributed by atoms with Gasteiger partial charge in [-0.05, 0) is 56.8 Å². The SMILES string of the molecule is CN(C)Cc1nc2sc3c(c2c(=O)n1CC(=O)Nc1cccc2ccccc12)CCCC3. The van der Waals surface area contributed by atoms with Crippen molar-refractivity contribution in [2.75, 3.05) is 19.4 Å². The summed E-state index contributed by atoms with van der Waals surface area (Å²) in [6.07, 6.45) is 4.19. The molecule has 6 nitrogen and oxygen atoms in total. The van der Waals surface area contributed by atoms with E-state index in [2.05, 4.69) is 5.32 Å². The molecular formula is C25H26N4O2S. The van der Waals surface area contributed by atoms with Crippen LogP contribution in [0.15, 0.2) is 47.3 Å². The lowest BCUT2D eigenvalue weighted by molar-refractivity contribution is -0.116. The van der Waals surface area contributed by atoms with Crippen LogP contribution in [0.4, 0.5) is 5.69 Å². The lowest BCUT2D eigenvalue weighted by Gasteiger charge is -2.16. The van der Waals surface area contributed by atoms with Crippen LogP contribution in [0.2, 0.25) is 0 Å². The molecule has 5 rings (SSSR count). The maximum atomic E-state index is 13.6. The van der Waals surface area contributed by atoms with E-state index >= 15 is 0 Å². The van der Waals surface area contributed by atoms with Gasteiger partial charge in [-0.25, -0.2) is 4.98 Å². The first-order valence-electron chi connectivity index (χ1n) is 11.0. The summed E-state index contributed by atoms with van der Waals surface area (Å²) in [5.74, 6) is 0.396. The summed E-state index contributed by atoms with van der Waals surface area (Å²) in [6, 6.07) is 13.8. The summed E-state index contributed by atoms with van der Waals surface area (Å²) in [7, 11) is 3.88. The van der Waals surface area contributed by atoms with E-state index in [1.807, 2.05) is 61.5 Å². The summed E-state index contributed by atoms with van der Waals surface area (Å²) in [6.45, 7) is 0.439. The van der Waals surface area contributed by atoms with Crippen molar-refractivity contribution in [3.63, 3.8) is 0 Å². The van der Waals surface area contributed by atoms with Crippen LogP contribution in [0, 0.1) is 0 Å². The van der Waals surface area contributed by atoms with Gasteiger partial charge >= 0.3 is 0 Å². The lowest BCUT2D eigenvalue weighted by Crippen LogP contribution is -2.33. The molecule has 0 spiro atoms. The Morgan fingerprint density at radius 3 is 2.75 bits per heavy atom. The number of nitrogens with zero attached hydrogens (tertiary/aromatic N) is 3. The first-order chi connectivity index (χ1) is 15.5. The molecule has 4 aromatic rings. The number of thiophene rings is 1. The first kappa shape index (κ1) is 20.8. The van der Waals surface area contributed by atoms with Gasteiger partial charge in [0.25, 0.3) is 5.56 Å². The van der Waals surface area contributed by atoms with Crippen LogP contribution < -0.4 is 10.9 Å². The van der Waals surface area contributed by atoms with Gasteiger partial charge in [0.05, 0.1) is 11.9 Å². The van der Waals surface area contributed by atoms with Gasteiger partial charge in [-0.1, -0.05) is 36.4 Å². The molecule has 0 fully saturated rings. The molecule has 1 N–H and O–H groups in total. The Morgan fingerprint density at radius 1 is 1.12 bits per heavy atom. The minimum Gasteiger partial charge on any atom is -0.324 e. The van der Waals surface area contributed by atoms with E-state index in [0.717, 1.165) is 52.5 Å². The number of aromatic nitrogens is 2. The number of fused-ring (bicyclic) bond motifs is 4. The van der Waals surface area contributed by atoms with Crippen molar-refractivity contribution in [1.82, 2.24) is 14.5 Å². The predicted octanol–water partition coefficient (Wildman–Crippen LogP) is 4.19. The molecule has 0 bridgehead atoms. The van der Waals surface area contributed by atoms with Gasteiger partial charge in [0.2, 0.25) is 5.91 Å². The fraction of sp³-hybridized carbons (Fsp3) is 0.320. The van der Waals surface area contributed by atoms with Gasteiger partial charge in [-0.2, -0.15) is 0 Å². The van der Waals surface area contributed by atoms with Crippen molar-refractivity contribution in [2.45, 2.75) is 38.8 Å². The smallest absolute Gasteiger partial charge is 0.263 e. The van der Waals surface area contributed by atoms with Crippen molar-refractivity contribution in [2.24, 2.45) is 0 Å². The Labute approximate surface area is 190 Å². The molecule has 32 heavy (non-hydrogen) atoms. The van der Waals surface area contributed by atoms with Gasteiger partial charge in [0.1, 0.15) is 17.2 Å². The average Bonchev–Trinajstić information content (AvgIpc) is 3.15. The van der Waals surface area contributed by atoms with E-state index < -0.39 is 0 Å². The number of carbonyl (C=O) groups is 1. The Morgan fingerprint density at radius 2 is 1.91 bits per heavy atom. The maximum Gasteiger partial charge on any atom is 0.263 e. The number of hydrogen-bond donors (Lipinski definition) is 1. The van der Waals surface area contributed by atoms with Gasteiger partial charge in [0, 0.05) is 16.0 Å². The van der Waals surface area contributed by atoms with Crippen LogP contribution in [0.1, 0.15) is 29.1 Å². The number of rotatable bonds is 5. The number of benzene rings is 2. The summed E-state index contributed by atoms with van der Waals surface area (Å²) in [5, 5.41) is 5.76. The summed E-state index contributed by atoms with van der Waals surface area (Å²) >= 11 is 1.64. The standard InChI is InChI=1S/C25H26N4O2S/c1-28(2)14-21-27-24-23(18-11-5-6-13-20(18)32-24)25(31)29(21)15-22(30)26-19-12-7-9-16-8-3-4-10-17(16)19/h3-4,7-10,12H,5-6,11,13-15H2,1-2H3,(H,26,30). The molecule has 2 heterocycles. The third-order valence-corrected chi connectivity index (χ3v) is 7.16. The van der Waals surface area contributed by atoms with Crippen LogP contribution >= 0.6 is 11.3 Å². The Hall–Kier alpha value is -3.03. The van der Waals surface area contributed by atoms with Crippen LogP contribution in [0.5, 0.6) is 0 Å². The van der Waals surface area contributed by atoms with Crippen LogP contribution in [0.3, 0.4) is 0 Å². The van der Waals surface area contributed by atoms with Crippen molar-refractivity contribution in [3.8, 4) is 0 Å². The fourth-order valence-corrected chi connectivity index (χ4v) is 5.79. The molecule has 0 atom stereocenters. The Kier molecular flexibility index (Phi) is 5.53. The van der Waals surface area contributed by atoms with Gasteiger partial charge in [-0.15, -0.1) is 11.3 Å². The highest BCUT2D eigenvalue weighted by Gasteiger charge is 2.23. The molecule has 1 amide bonds. The van der Waals surface area contributed by atoms with E-state index in [-0.39, 0.29) is 18.0 Å². The first-order valence-corrected chi connectivity index (χ1v) is 11.8. The molecule has 0 unspecified atom stereocenters.